The Hall–Kier alpha value is -1.92. The van der Waals surface area contributed by atoms with Gasteiger partial charge in [-0.05, 0) is 30.3 Å². The molecular weight excluding hydrogens is 399 g/mol. The highest BCUT2D eigenvalue weighted by molar-refractivity contribution is 9.10. The smallest absolute Gasteiger partial charge is 0.229 e. The maximum absolute atomic E-state index is 13.8. The quantitative estimate of drug-likeness (QED) is 0.821. The van der Waals surface area contributed by atoms with Gasteiger partial charge in [-0.2, -0.15) is 0 Å². The van der Waals surface area contributed by atoms with Crippen molar-refractivity contribution in [3.63, 3.8) is 0 Å². The Morgan fingerprint density at radius 3 is 2.75 bits per heavy atom. The van der Waals surface area contributed by atoms with Gasteiger partial charge < -0.3 is 10.2 Å². The first-order valence-electron chi connectivity index (χ1n) is 7.26. The molecule has 2 amide bonds. The number of amides is 2. The van der Waals surface area contributed by atoms with Crippen LogP contribution in [0.3, 0.4) is 0 Å². The number of nitrogens with one attached hydrogen (secondary N) is 1. The Kier molecular flexibility index (Phi) is 4.87. The lowest BCUT2D eigenvalue weighted by Crippen LogP contribution is -2.28. The zero-order chi connectivity index (χ0) is 17.3. The van der Waals surface area contributed by atoms with Gasteiger partial charge in [0.1, 0.15) is 5.82 Å². The number of para-hydroxylation sites is 1. The number of anilines is 2. The topological polar surface area (TPSA) is 49.4 Å². The summed E-state index contributed by atoms with van der Waals surface area (Å²) < 4.78 is 14.4. The molecule has 1 aliphatic rings. The van der Waals surface area contributed by atoms with Gasteiger partial charge in [0.25, 0.3) is 0 Å². The van der Waals surface area contributed by atoms with Crippen LogP contribution in [0.25, 0.3) is 0 Å². The molecule has 0 radical (unpaired) electrons. The summed E-state index contributed by atoms with van der Waals surface area (Å²) in [5.41, 5.74) is 0.668. The molecule has 2 aromatic carbocycles. The fourth-order valence-corrected chi connectivity index (χ4v) is 3.18. The van der Waals surface area contributed by atoms with E-state index in [0.29, 0.717) is 15.2 Å². The summed E-state index contributed by atoms with van der Waals surface area (Å²) in [5, 5.41) is 2.99. The molecule has 4 nitrogen and oxygen atoms in total. The normalized spacial score (nSPS) is 17.2. The fraction of sp³-hybridized carbons (Fsp3) is 0.176. The highest BCUT2D eigenvalue weighted by atomic mass is 79.9. The average Bonchev–Trinajstić information content (AvgIpc) is 2.92. The van der Waals surface area contributed by atoms with Crippen LogP contribution < -0.4 is 10.2 Å². The third-order valence-corrected chi connectivity index (χ3v) is 4.64. The second-order valence-corrected chi connectivity index (χ2v) is 6.79. The van der Waals surface area contributed by atoms with Crippen molar-refractivity contribution in [2.75, 3.05) is 16.8 Å². The van der Waals surface area contributed by atoms with Crippen LogP contribution in [0.2, 0.25) is 5.02 Å². The summed E-state index contributed by atoms with van der Waals surface area (Å²) >= 11 is 9.27. The molecule has 1 aliphatic heterocycles. The Morgan fingerprint density at radius 2 is 2.04 bits per heavy atom. The van der Waals surface area contributed by atoms with Crippen LogP contribution in [0.5, 0.6) is 0 Å². The van der Waals surface area contributed by atoms with E-state index in [0.717, 1.165) is 0 Å². The maximum Gasteiger partial charge on any atom is 0.229 e. The van der Waals surface area contributed by atoms with Crippen molar-refractivity contribution in [3.8, 4) is 0 Å². The van der Waals surface area contributed by atoms with E-state index in [1.807, 2.05) is 0 Å². The monoisotopic (exact) mass is 410 g/mol. The Bertz CT molecular complexity index is 815. The predicted molar refractivity (Wildman–Crippen MR) is 94.6 cm³/mol. The lowest BCUT2D eigenvalue weighted by molar-refractivity contribution is -0.122. The Balaban J connectivity index is 1.73. The summed E-state index contributed by atoms with van der Waals surface area (Å²) in [5.74, 6) is -1.67. The number of carbonyl (C=O) groups is 2. The van der Waals surface area contributed by atoms with Crippen molar-refractivity contribution in [2.24, 2.45) is 5.92 Å². The fourth-order valence-electron chi connectivity index (χ4n) is 2.61. The maximum atomic E-state index is 13.8. The van der Waals surface area contributed by atoms with E-state index in [1.54, 1.807) is 30.3 Å². The Labute approximate surface area is 151 Å². The highest BCUT2D eigenvalue weighted by Gasteiger charge is 2.36. The van der Waals surface area contributed by atoms with Crippen LogP contribution in [-0.4, -0.2) is 18.4 Å². The molecule has 1 heterocycles. The number of carbonyl (C=O) groups excluding carboxylic acids is 2. The van der Waals surface area contributed by atoms with E-state index in [1.165, 1.54) is 17.0 Å². The Morgan fingerprint density at radius 1 is 1.29 bits per heavy atom. The lowest BCUT2D eigenvalue weighted by atomic mass is 10.1. The first kappa shape index (κ1) is 16.9. The highest BCUT2D eigenvalue weighted by Crippen LogP contribution is 2.31. The van der Waals surface area contributed by atoms with Gasteiger partial charge in [-0.3, -0.25) is 9.59 Å². The van der Waals surface area contributed by atoms with E-state index < -0.39 is 11.7 Å². The summed E-state index contributed by atoms with van der Waals surface area (Å²) in [4.78, 5) is 26.1. The number of halogens is 3. The molecule has 1 fully saturated rings. The summed E-state index contributed by atoms with van der Waals surface area (Å²) in [6.07, 6.45) is 0.0647. The summed E-state index contributed by atoms with van der Waals surface area (Å²) in [7, 11) is 0. The van der Waals surface area contributed by atoms with Crippen LogP contribution in [-0.2, 0) is 9.59 Å². The minimum atomic E-state index is -0.559. The van der Waals surface area contributed by atoms with Gasteiger partial charge in [0.2, 0.25) is 11.8 Å². The molecule has 1 saturated heterocycles. The molecule has 3 rings (SSSR count). The zero-order valence-corrected chi connectivity index (χ0v) is 14.8. The van der Waals surface area contributed by atoms with Crippen molar-refractivity contribution in [1.82, 2.24) is 0 Å². The number of rotatable bonds is 3. The van der Waals surface area contributed by atoms with Gasteiger partial charge in [0.05, 0.1) is 22.3 Å². The van der Waals surface area contributed by atoms with Gasteiger partial charge in [-0.25, -0.2) is 4.39 Å². The lowest BCUT2D eigenvalue weighted by Gasteiger charge is -2.18. The first-order valence-corrected chi connectivity index (χ1v) is 8.43. The minimum Gasteiger partial charge on any atom is -0.323 e. The van der Waals surface area contributed by atoms with Gasteiger partial charge in [0, 0.05) is 17.4 Å². The van der Waals surface area contributed by atoms with Crippen molar-refractivity contribution in [2.45, 2.75) is 6.42 Å². The van der Waals surface area contributed by atoms with Gasteiger partial charge >= 0.3 is 0 Å². The predicted octanol–water partition coefficient (Wildman–Crippen LogP) is 4.23. The molecule has 0 aliphatic carbocycles. The second-order valence-electron chi connectivity index (χ2n) is 5.47. The van der Waals surface area contributed by atoms with Crippen molar-refractivity contribution in [3.05, 3.63) is 57.8 Å². The van der Waals surface area contributed by atoms with Crippen LogP contribution in [0.15, 0.2) is 46.9 Å². The van der Waals surface area contributed by atoms with Crippen LogP contribution in [0.4, 0.5) is 15.8 Å². The largest absolute Gasteiger partial charge is 0.323 e. The van der Waals surface area contributed by atoms with E-state index >= 15 is 0 Å². The number of hydrogen-bond acceptors (Lipinski definition) is 2. The van der Waals surface area contributed by atoms with Gasteiger partial charge in [-0.15, -0.1) is 0 Å². The molecule has 0 aromatic heterocycles. The molecule has 0 saturated carbocycles. The third-order valence-electron chi connectivity index (χ3n) is 3.83. The number of benzene rings is 2. The molecule has 2 aromatic rings. The van der Waals surface area contributed by atoms with Crippen LogP contribution in [0.1, 0.15) is 6.42 Å². The van der Waals surface area contributed by atoms with Gasteiger partial charge in [0.15, 0.2) is 0 Å². The van der Waals surface area contributed by atoms with Crippen LogP contribution >= 0.6 is 27.5 Å². The molecule has 0 spiro atoms. The molecule has 124 valence electrons. The molecular formula is C17H13BrClFN2O2. The number of nitrogens with zero attached hydrogens (tertiary/aromatic N) is 1. The summed E-state index contributed by atoms with van der Waals surface area (Å²) in [6, 6.07) is 11.3. The second kappa shape index (κ2) is 6.91. The molecule has 1 N–H and O–H groups in total. The van der Waals surface area contributed by atoms with E-state index in [9.17, 15) is 14.0 Å². The minimum absolute atomic E-state index is 0.0647. The van der Waals surface area contributed by atoms with Crippen molar-refractivity contribution >= 4 is 50.7 Å². The van der Waals surface area contributed by atoms with Gasteiger partial charge in [-0.1, -0.05) is 39.7 Å². The summed E-state index contributed by atoms with van der Waals surface area (Å²) in [6.45, 7) is 0.215. The molecule has 7 heteroatoms. The van der Waals surface area contributed by atoms with Crippen LogP contribution in [0, 0.1) is 11.7 Å². The van der Waals surface area contributed by atoms with E-state index in [4.69, 9.17) is 11.6 Å². The number of hydrogen-bond donors (Lipinski definition) is 1. The SMILES string of the molecule is O=C(Nc1ccc(Br)cc1F)C1CC(=O)N(c2ccccc2Cl)C1. The molecule has 1 atom stereocenters. The van der Waals surface area contributed by atoms with Crippen molar-refractivity contribution in [1.29, 1.82) is 0 Å². The third kappa shape index (κ3) is 3.44. The standard InChI is InChI=1S/C17H13BrClFN2O2/c18-11-5-6-14(13(20)8-11)21-17(24)10-7-16(23)22(9-10)15-4-2-1-3-12(15)19/h1-6,8,10H,7,9H2,(H,21,24). The average molecular weight is 412 g/mol. The molecule has 24 heavy (non-hydrogen) atoms. The zero-order valence-electron chi connectivity index (χ0n) is 12.4. The van der Waals surface area contributed by atoms with E-state index in [2.05, 4.69) is 21.2 Å². The van der Waals surface area contributed by atoms with E-state index in [-0.39, 0.29) is 30.5 Å². The molecule has 0 bridgehead atoms. The van der Waals surface area contributed by atoms with Crippen molar-refractivity contribution < 1.29 is 14.0 Å². The first-order chi connectivity index (χ1) is 11.5. The molecule has 1 unspecified atom stereocenters.